The highest BCUT2D eigenvalue weighted by Gasteiger charge is 2.09. The normalized spacial score (nSPS) is 10.4. The first-order valence-corrected chi connectivity index (χ1v) is 7.25. The zero-order chi connectivity index (χ0) is 13.1. The Kier molecular flexibility index (Phi) is 4.60. The molecule has 18 heavy (non-hydrogen) atoms. The van der Waals surface area contributed by atoms with Gasteiger partial charge in [0.25, 0.3) is 0 Å². The van der Waals surface area contributed by atoms with Gasteiger partial charge in [0, 0.05) is 20.9 Å². The van der Waals surface area contributed by atoms with Gasteiger partial charge in [-0.2, -0.15) is 0 Å². The third-order valence-electron chi connectivity index (χ3n) is 2.50. The predicted octanol–water partition coefficient (Wildman–Crippen LogP) is 5.29. The molecule has 0 saturated heterocycles. The molecule has 2 aromatic carbocycles. The molecule has 0 unspecified atom stereocenters. The zero-order valence-corrected chi connectivity index (χ0v) is 13.2. The second-order valence-electron chi connectivity index (χ2n) is 3.86. The average Bonchev–Trinajstić information content (AvgIpc) is 2.32. The van der Waals surface area contributed by atoms with Gasteiger partial charge in [-0.15, -0.1) is 0 Å². The quantitative estimate of drug-likeness (QED) is 0.653. The summed E-state index contributed by atoms with van der Waals surface area (Å²) in [5, 5.41) is 0.606. The fourth-order valence-corrected chi connectivity index (χ4v) is 2.55. The van der Waals surface area contributed by atoms with E-state index in [4.69, 9.17) is 11.6 Å². The highest BCUT2D eigenvalue weighted by Crippen LogP contribution is 2.24. The van der Waals surface area contributed by atoms with Crippen LogP contribution in [0.2, 0.25) is 5.02 Å². The number of carbonyl (C=O) groups excluding carboxylic acids is 1. The molecule has 0 fully saturated rings. The van der Waals surface area contributed by atoms with E-state index in [0.717, 1.165) is 14.5 Å². The van der Waals surface area contributed by atoms with E-state index in [9.17, 15) is 4.79 Å². The Bertz CT molecular complexity index is 596. The molecule has 0 aromatic heterocycles. The number of benzene rings is 2. The molecule has 4 heteroatoms. The van der Waals surface area contributed by atoms with Gasteiger partial charge < -0.3 is 0 Å². The predicted molar refractivity (Wildman–Crippen MR) is 81.3 cm³/mol. The average molecular weight is 388 g/mol. The summed E-state index contributed by atoms with van der Waals surface area (Å²) in [7, 11) is 0. The Labute approximate surface area is 127 Å². The third-order valence-corrected chi connectivity index (χ3v) is 4.20. The Morgan fingerprint density at radius 2 is 1.89 bits per heavy atom. The molecule has 92 valence electrons. The summed E-state index contributed by atoms with van der Waals surface area (Å²) in [5.74, 6) is 0.0745. The fraction of sp³-hybridized carbons (Fsp3) is 0.0714. The van der Waals surface area contributed by atoms with Gasteiger partial charge in [-0.25, -0.2) is 0 Å². The summed E-state index contributed by atoms with van der Waals surface area (Å²) in [5.41, 5.74) is 1.65. The van der Waals surface area contributed by atoms with Crippen LogP contribution in [0.3, 0.4) is 0 Å². The molecule has 0 aliphatic carbocycles. The molecule has 2 rings (SSSR count). The van der Waals surface area contributed by atoms with Gasteiger partial charge in [-0.05, 0) is 51.8 Å². The first kappa shape index (κ1) is 13.8. The molecule has 0 N–H and O–H groups in total. The van der Waals surface area contributed by atoms with Gasteiger partial charge in [-0.3, -0.25) is 4.79 Å². The third kappa shape index (κ3) is 3.44. The van der Waals surface area contributed by atoms with Gasteiger partial charge in [0.15, 0.2) is 5.78 Å². The van der Waals surface area contributed by atoms with Crippen molar-refractivity contribution in [3.05, 3.63) is 67.6 Å². The molecule has 0 aliphatic rings. The van der Waals surface area contributed by atoms with Crippen molar-refractivity contribution in [2.24, 2.45) is 0 Å². The van der Waals surface area contributed by atoms with Crippen molar-refractivity contribution < 1.29 is 4.79 Å². The van der Waals surface area contributed by atoms with Gasteiger partial charge >= 0.3 is 0 Å². The molecule has 0 aliphatic heterocycles. The minimum absolute atomic E-state index is 0.0745. The van der Waals surface area contributed by atoms with Crippen molar-refractivity contribution in [2.75, 3.05) is 0 Å². The first-order valence-electron chi connectivity index (χ1n) is 5.29. The van der Waals surface area contributed by atoms with E-state index in [1.807, 2.05) is 24.3 Å². The van der Waals surface area contributed by atoms with Crippen molar-refractivity contribution in [3.8, 4) is 0 Å². The van der Waals surface area contributed by atoms with Crippen molar-refractivity contribution in [1.82, 2.24) is 0 Å². The Hall–Kier alpha value is -0.640. The van der Waals surface area contributed by atoms with Crippen LogP contribution in [0.15, 0.2) is 51.4 Å². The molecule has 0 amide bonds. The minimum atomic E-state index is 0.0745. The lowest BCUT2D eigenvalue weighted by atomic mass is 10.0. The summed E-state index contributed by atoms with van der Waals surface area (Å²) < 4.78 is 1.72. The molecule has 0 radical (unpaired) electrons. The Balaban J connectivity index is 2.19. The van der Waals surface area contributed by atoms with E-state index in [-0.39, 0.29) is 5.78 Å². The molecular formula is C14H9Br2ClO. The van der Waals surface area contributed by atoms with Gasteiger partial charge in [0.2, 0.25) is 0 Å². The van der Waals surface area contributed by atoms with E-state index < -0.39 is 0 Å². The van der Waals surface area contributed by atoms with Gasteiger partial charge in [0.05, 0.1) is 5.02 Å². The maximum absolute atomic E-state index is 12.1. The summed E-state index contributed by atoms with van der Waals surface area (Å²) in [6, 6.07) is 13.0. The number of Topliss-reactive ketones (excluding diaryl/α,β-unsaturated/α-hetero) is 1. The molecule has 0 heterocycles. The fourth-order valence-electron chi connectivity index (χ4n) is 1.60. The molecular weight excluding hydrogens is 379 g/mol. The molecule has 1 nitrogen and oxygen atoms in total. The monoisotopic (exact) mass is 386 g/mol. The maximum atomic E-state index is 12.1. The van der Waals surface area contributed by atoms with Crippen LogP contribution >= 0.6 is 43.5 Å². The second kappa shape index (κ2) is 6.00. The molecule has 0 spiro atoms. The Morgan fingerprint density at radius 1 is 1.11 bits per heavy atom. The van der Waals surface area contributed by atoms with Crippen LogP contribution in [0.25, 0.3) is 0 Å². The molecule has 0 bridgehead atoms. The van der Waals surface area contributed by atoms with Crippen LogP contribution in [0.4, 0.5) is 0 Å². The maximum Gasteiger partial charge on any atom is 0.167 e. The Morgan fingerprint density at radius 3 is 2.56 bits per heavy atom. The number of carbonyl (C=O) groups is 1. The summed E-state index contributed by atoms with van der Waals surface area (Å²) in [6.45, 7) is 0. The smallest absolute Gasteiger partial charge is 0.167 e. The standard InChI is InChI=1S/C14H9Br2ClO/c15-11-3-1-2-9(6-11)7-14(18)10-4-5-13(17)12(16)8-10/h1-6,8H,7H2. The van der Waals surface area contributed by atoms with E-state index in [2.05, 4.69) is 31.9 Å². The highest BCUT2D eigenvalue weighted by atomic mass is 79.9. The van der Waals surface area contributed by atoms with Crippen LogP contribution in [0, 0.1) is 0 Å². The minimum Gasteiger partial charge on any atom is -0.294 e. The number of hydrogen-bond donors (Lipinski definition) is 0. The summed E-state index contributed by atoms with van der Waals surface area (Å²) in [4.78, 5) is 12.1. The van der Waals surface area contributed by atoms with E-state index in [1.54, 1.807) is 18.2 Å². The largest absolute Gasteiger partial charge is 0.294 e. The van der Waals surface area contributed by atoms with Crippen LogP contribution in [0.5, 0.6) is 0 Å². The van der Waals surface area contributed by atoms with Crippen molar-refractivity contribution in [2.45, 2.75) is 6.42 Å². The number of ketones is 1. The van der Waals surface area contributed by atoms with Crippen LogP contribution < -0.4 is 0 Å². The van der Waals surface area contributed by atoms with E-state index >= 15 is 0 Å². The van der Waals surface area contributed by atoms with E-state index in [0.29, 0.717) is 17.0 Å². The highest BCUT2D eigenvalue weighted by molar-refractivity contribution is 9.10. The zero-order valence-electron chi connectivity index (χ0n) is 9.29. The lowest BCUT2D eigenvalue weighted by Crippen LogP contribution is -2.03. The van der Waals surface area contributed by atoms with Crippen LogP contribution in [0.1, 0.15) is 15.9 Å². The molecule has 0 saturated carbocycles. The second-order valence-corrected chi connectivity index (χ2v) is 6.04. The van der Waals surface area contributed by atoms with Gasteiger partial charge in [0.1, 0.15) is 0 Å². The van der Waals surface area contributed by atoms with Crippen molar-refractivity contribution in [1.29, 1.82) is 0 Å². The lowest BCUT2D eigenvalue weighted by molar-refractivity contribution is 0.0993. The number of hydrogen-bond acceptors (Lipinski definition) is 1. The lowest BCUT2D eigenvalue weighted by Gasteiger charge is -2.04. The van der Waals surface area contributed by atoms with Crippen LogP contribution in [-0.2, 0) is 6.42 Å². The van der Waals surface area contributed by atoms with Crippen LogP contribution in [-0.4, -0.2) is 5.78 Å². The van der Waals surface area contributed by atoms with Gasteiger partial charge in [-0.1, -0.05) is 39.7 Å². The SMILES string of the molecule is O=C(Cc1cccc(Br)c1)c1ccc(Cl)c(Br)c1. The van der Waals surface area contributed by atoms with Crippen molar-refractivity contribution >= 4 is 49.2 Å². The number of rotatable bonds is 3. The topological polar surface area (TPSA) is 17.1 Å². The first-order chi connectivity index (χ1) is 8.56. The summed E-state index contributed by atoms with van der Waals surface area (Å²) in [6.07, 6.45) is 0.382. The van der Waals surface area contributed by atoms with E-state index in [1.165, 1.54) is 0 Å². The molecule has 2 aromatic rings. The van der Waals surface area contributed by atoms with Crippen molar-refractivity contribution in [3.63, 3.8) is 0 Å². The molecule has 0 atom stereocenters. The summed E-state index contributed by atoms with van der Waals surface area (Å²) >= 11 is 12.6. The number of halogens is 3.